The van der Waals surface area contributed by atoms with E-state index in [-0.39, 0.29) is 23.8 Å². The highest BCUT2D eigenvalue weighted by Crippen LogP contribution is 2.40. The standard InChI is InChI=1S/C28H25F8NO2/c1-17(2)39-24-15-19(8-9-23(24)30)26(16-18-6-4-3-5-7-18,37-25(38)10-11-27(31,32)33)20-12-21(28(34,35)36)14-22(29)13-20/h3-9,12-15,17H,10-11,16H2,1-2H3,(H,37,38)/t26-/m1/s1. The number of ether oxygens (including phenoxy) is 1. The summed E-state index contributed by atoms with van der Waals surface area (Å²) in [4.78, 5) is 12.9. The number of amides is 1. The van der Waals surface area contributed by atoms with Gasteiger partial charge in [0.15, 0.2) is 11.6 Å². The second-order valence-corrected chi connectivity index (χ2v) is 9.27. The molecule has 39 heavy (non-hydrogen) atoms. The summed E-state index contributed by atoms with van der Waals surface area (Å²) in [6, 6.07) is 12.9. The maximum absolute atomic E-state index is 14.7. The van der Waals surface area contributed by atoms with E-state index < -0.39 is 65.5 Å². The Morgan fingerprint density at radius 1 is 0.846 bits per heavy atom. The molecule has 1 atom stereocenters. The van der Waals surface area contributed by atoms with Crippen LogP contribution in [-0.2, 0) is 22.9 Å². The number of hydrogen-bond acceptors (Lipinski definition) is 2. The molecule has 3 rings (SSSR count). The molecule has 11 heteroatoms. The van der Waals surface area contributed by atoms with Crippen LogP contribution in [0.15, 0.2) is 66.7 Å². The molecule has 0 aliphatic heterocycles. The van der Waals surface area contributed by atoms with Gasteiger partial charge in [-0.2, -0.15) is 26.3 Å². The Balaban J connectivity index is 2.32. The van der Waals surface area contributed by atoms with Crippen molar-refractivity contribution < 1.29 is 44.7 Å². The van der Waals surface area contributed by atoms with Crippen molar-refractivity contribution in [3.63, 3.8) is 0 Å². The van der Waals surface area contributed by atoms with Crippen LogP contribution in [0.5, 0.6) is 5.75 Å². The third-order valence-electron chi connectivity index (χ3n) is 5.81. The fourth-order valence-electron chi connectivity index (χ4n) is 4.13. The molecule has 0 bridgehead atoms. The quantitative estimate of drug-likeness (QED) is 0.273. The summed E-state index contributed by atoms with van der Waals surface area (Å²) in [6.45, 7) is 3.20. The van der Waals surface area contributed by atoms with Gasteiger partial charge in [-0.1, -0.05) is 36.4 Å². The molecule has 1 N–H and O–H groups in total. The van der Waals surface area contributed by atoms with E-state index in [2.05, 4.69) is 5.32 Å². The van der Waals surface area contributed by atoms with Gasteiger partial charge in [0.05, 0.1) is 23.6 Å². The van der Waals surface area contributed by atoms with Crippen molar-refractivity contribution in [1.29, 1.82) is 0 Å². The van der Waals surface area contributed by atoms with Crippen LogP contribution < -0.4 is 10.1 Å². The predicted molar refractivity (Wildman–Crippen MR) is 128 cm³/mol. The average molecular weight is 559 g/mol. The Morgan fingerprint density at radius 3 is 2.08 bits per heavy atom. The number of alkyl halides is 6. The lowest BCUT2D eigenvalue weighted by Crippen LogP contribution is -2.49. The first-order valence-corrected chi connectivity index (χ1v) is 11.9. The lowest BCUT2D eigenvalue weighted by molar-refractivity contribution is -0.144. The second kappa shape index (κ2) is 11.6. The third-order valence-corrected chi connectivity index (χ3v) is 5.81. The molecule has 0 fully saturated rings. The Hall–Kier alpha value is -3.63. The molecule has 0 radical (unpaired) electrons. The van der Waals surface area contributed by atoms with Crippen molar-refractivity contribution in [1.82, 2.24) is 5.32 Å². The highest BCUT2D eigenvalue weighted by Gasteiger charge is 2.41. The molecule has 0 saturated carbocycles. The molecule has 0 unspecified atom stereocenters. The van der Waals surface area contributed by atoms with Crippen molar-refractivity contribution in [3.05, 3.63) is 101 Å². The van der Waals surface area contributed by atoms with E-state index in [4.69, 9.17) is 4.74 Å². The van der Waals surface area contributed by atoms with Crippen LogP contribution in [0.3, 0.4) is 0 Å². The van der Waals surface area contributed by atoms with E-state index in [1.54, 1.807) is 44.2 Å². The van der Waals surface area contributed by atoms with Gasteiger partial charge in [0, 0.05) is 12.8 Å². The summed E-state index contributed by atoms with van der Waals surface area (Å²) in [5.74, 6) is -3.57. The Kier molecular flexibility index (Phi) is 8.92. The number of nitrogens with one attached hydrogen (secondary N) is 1. The summed E-state index contributed by atoms with van der Waals surface area (Å²) in [7, 11) is 0. The van der Waals surface area contributed by atoms with E-state index in [9.17, 15) is 39.9 Å². The molecule has 0 aliphatic rings. The van der Waals surface area contributed by atoms with Crippen molar-refractivity contribution in [2.45, 2.75) is 57.1 Å². The van der Waals surface area contributed by atoms with Crippen LogP contribution in [0.4, 0.5) is 35.1 Å². The van der Waals surface area contributed by atoms with Gasteiger partial charge in [0.1, 0.15) is 5.82 Å². The number of halogens is 8. The molecule has 3 aromatic rings. The van der Waals surface area contributed by atoms with E-state index in [1.165, 1.54) is 0 Å². The fraction of sp³-hybridized carbons (Fsp3) is 0.321. The lowest BCUT2D eigenvalue weighted by atomic mass is 9.77. The summed E-state index contributed by atoms with van der Waals surface area (Å²) in [5.41, 5.74) is -3.40. The zero-order valence-corrected chi connectivity index (χ0v) is 20.9. The number of carbonyl (C=O) groups excluding carboxylic acids is 1. The zero-order chi connectivity index (χ0) is 29.0. The molecule has 0 aromatic heterocycles. The molecule has 0 heterocycles. The molecule has 0 saturated heterocycles. The fourth-order valence-corrected chi connectivity index (χ4v) is 4.13. The van der Waals surface area contributed by atoms with Crippen molar-refractivity contribution >= 4 is 5.91 Å². The highest BCUT2D eigenvalue weighted by molar-refractivity contribution is 5.78. The SMILES string of the molecule is CC(C)Oc1cc([C@@](Cc2ccccc2)(NC(=O)CCC(F)(F)F)c2cc(F)cc(C(F)(F)F)c2)ccc1F. The minimum Gasteiger partial charge on any atom is -0.488 e. The van der Waals surface area contributed by atoms with Crippen LogP contribution in [0, 0.1) is 11.6 Å². The van der Waals surface area contributed by atoms with Gasteiger partial charge in [-0.15, -0.1) is 0 Å². The van der Waals surface area contributed by atoms with Crippen molar-refractivity contribution in [3.8, 4) is 5.75 Å². The van der Waals surface area contributed by atoms with Crippen molar-refractivity contribution in [2.24, 2.45) is 0 Å². The van der Waals surface area contributed by atoms with E-state index in [1.807, 2.05) is 0 Å². The van der Waals surface area contributed by atoms with E-state index in [0.717, 1.165) is 24.3 Å². The highest BCUT2D eigenvalue weighted by atomic mass is 19.4. The average Bonchev–Trinajstić information content (AvgIpc) is 2.82. The minimum atomic E-state index is -4.98. The largest absolute Gasteiger partial charge is 0.488 e. The van der Waals surface area contributed by atoms with Gasteiger partial charge in [-0.05, 0) is 60.9 Å². The molecule has 210 valence electrons. The van der Waals surface area contributed by atoms with Crippen LogP contribution in [-0.4, -0.2) is 18.2 Å². The Labute approximate surface area is 219 Å². The van der Waals surface area contributed by atoms with Gasteiger partial charge in [0.2, 0.25) is 5.91 Å². The van der Waals surface area contributed by atoms with E-state index in [0.29, 0.717) is 11.6 Å². The van der Waals surface area contributed by atoms with Crippen LogP contribution in [0.1, 0.15) is 48.9 Å². The molecule has 0 aliphatic carbocycles. The number of benzene rings is 3. The maximum atomic E-state index is 14.7. The third kappa shape index (κ3) is 7.93. The van der Waals surface area contributed by atoms with Crippen LogP contribution in [0.2, 0.25) is 0 Å². The normalized spacial score (nSPS) is 13.7. The van der Waals surface area contributed by atoms with Gasteiger partial charge in [0.25, 0.3) is 0 Å². The maximum Gasteiger partial charge on any atom is 0.416 e. The van der Waals surface area contributed by atoms with Gasteiger partial charge in [-0.3, -0.25) is 4.79 Å². The molecule has 0 spiro atoms. The van der Waals surface area contributed by atoms with E-state index >= 15 is 0 Å². The smallest absolute Gasteiger partial charge is 0.416 e. The molecular formula is C28H25F8NO2. The summed E-state index contributed by atoms with van der Waals surface area (Å²) >= 11 is 0. The number of rotatable bonds is 9. The minimum absolute atomic E-state index is 0.0255. The molecular weight excluding hydrogens is 534 g/mol. The molecule has 1 amide bonds. The number of hydrogen-bond donors (Lipinski definition) is 1. The summed E-state index contributed by atoms with van der Waals surface area (Å²) < 4.78 is 114. The zero-order valence-electron chi connectivity index (χ0n) is 20.9. The number of carbonyl (C=O) groups is 1. The van der Waals surface area contributed by atoms with Gasteiger partial charge in [-0.25, -0.2) is 8.78 Å². The molecule has 3 nitrogen and oxygen atoms in total. The first-order chi connectivity index (χ1) is 18.1. The first-order valence-electron chi connectivity index (χ1n) is 11.9. The van der Waals surface area contributed by atoms with Crippen molar-refractivity contribution in [2.75, 3.05) is 0 Å². The summed E-state index contributed by atoms with van der Waals surface area (Å²) in [5, 5.41) is 2.44. The van der Waals surface area contributed by atoms with Gasteiger partial charge >= 0.3 is 12.4 Å². The van der Waals surface area contributed by atoms with Crippen LogP contribution in [0.25, 0.3) is 0 Å². The van der Waals surface area contributed by atoms with Gasteiger partial charge < -0.3 is 10.1 Å². The lowest BCUT2D eigenvalue weighted by Gasteiger charge is -2.37. The second-order valence-electron chi connectivity index (χ2n) is 9.27. The molecule has 3 aromatic carbocycles. The van der Waals surface area contributed by atoms with Crippen LogP contribution >= 0.6 is 0 Å². The first kappa shape index (κ1) is 29.9. The monoisotopic (exact) mass is 559 g/mol. The Morgan fingerprint density at radius 2 is 1.49 bits per heavy atom. The predicted octanol–water partition coefficient (Wildman–Crippen LogP) is 7.72. The summed E-state index contributed by atoms with van der Waals surface area (Å²) in [6.07, 6.45) is -13.0. The topological polar surface area (TPSA) is 38.3 Å². The Bertz CT molecular complexity index is 1290.